The molecule has 4 rings (SSSR count). The van der Waals surface area contributed by atoms with Crippen molar-refractivity contribution >= 4 is 34.4 Å². The van der Waals surface area contributed by atoms with E-state index in [9.17, 15) is 4.39 Å². The van der Waals surface area contributed by atoms with Crippen LogP contribution in [0.15, 0.2) is 59.8 Å². The number of halogens is 2. The zero-order valence-corrected chi connectivity index (χ0v) is 15.0. The van der Waals surface area contributed by atoms with E-state index in [-0.39, 0.29) is 5.82 Å². The first kappa shape index (κ1) is 17.1. The molecule has 2 aromatic heterocycles. The van der Waals surface area contributed by atoms with Gasteiger partial charge in [-0.15, -0.1) is 5.10 Å². The quantitative estimate of drug-likeness (QED) is 0.422. The standard InChI is InChI=1S/C19H14ClFN6/c1-12-17(18(20)27(26-12)15-8-6-14(21)7-9-15)11-23-25-19-16-5-3-2-4-13(16)10-22-24-19/h2-11H,1H3,(H,24,25)/b23-11-. The molecule has 1 N–H and O–H groups in total. The Morgan fingerprint density at radius 3 is 2.74 bits per heavy atom. The lowest BCUT2D eigenvalue weighted by Gasteiger charge is -2.03. The van der Waals surface area contributed by atoms with Gasteiger partial charge < -0.3 is 0 Å². The zero-order chi connectivity index (χ0) is 18.8. The molecule has 0 amide bonds. The number of hydrazone groups is 1. The van der Waals surface area contributed by atoms with Gasteiger partial charge >= 0.3 is 0 Å². The fourth-order valence-electron chi connectivity index (χ4n) is 2.68. The third-order valence-corrected chi connectivity index (χ3v) is 4.42. The minimum atomic E-state index is -0.319. The van der Waals surface area contributed by atoms with Crippen molar-refractivity contribution in [1.82, 2.24) is 20.0 Å². The largest absolute Gasteiger partial charge is 0.259 e. The summed E-state index contributed by atoms with van der Waals surface area (Å²) in [7, 11) is 0. The second-order valence-corrected chi connectivity index (χ2v) is 6.19. The number of nitrogens with one attached hydrogen (secondary N) is 1. The summed E-state index contributed by atoms with van der Waals surface area (Å²) < 4.78 is 14.7. The Morgan fingerprint density at radius 2 is 1.93 bits per heavy atom. The topological polar surface area (TPSA) is 68.0 Å². The minimum absolute atomic E-state index is 0.319. The van der Waals surface area contributed by atoms with Gasteiger partial charge in [0.15, 0.2) is 5.82 Å². The molecule has 2 aromatic carbocycles. The van der Waals surface area contributed by atoms with Gasteiger partial charge in [-0.25, -0.2) is 9.07 Å². The highest BCUT2D eigenvalue weighted by Crippen LogP contribution is 2.23. The smallest absolute Gasteiger partial charge is 0.176 e. The lowest BCUT2D eigenvalue weighted by atomic mass is 10.2. The Morgan fingerprint density at radius 1 is 1.15 bits per heavy atom. The number of fused-ring (bicyclic) bond motifs is 1. The molecule has 134 valence electrons. The van der Waals surface area contributed by atoms with Crippen LogP contribution in [0.1, 0.15) is 11.3 Å². The summed E-state index contributed by atoms with van der Waals surface area (Å²) in [5.74, 6) is 0.227. The van der Waals surface area contributed by atoms with Gasteiger partial charge in [0, 0.05) is 10.8 Å². The van der Waals surface area contributed by atoms with Crippen molar-refractivity contribution in [2.75, 3.05) is 5.43 Å². The van der Waals surface area contributed by atoms with E-state index in [4.69, 9.17) is 11.6 Å². The van der Waals surface area contributed by atoms with Gasteiger partial charge in [-0.05, 0) is 31.2 Å². The van der Waals surface area contributed by atoms with Crippen molar-refractivity contribution in [2.24, 2.45) is 5.10 Å². The summed E-state index contributed by atoms with van der Waals surface area (Å²) >= 11 is 6.44. The molecule has 0 fully saturated rings. The van der Waals surface area contributed by atoms with E-state index in [2.05, 4.69) is 25.8 Å². The Kier molecular flexibility index (Phi) is 4.52. The zero-order valence-electron chi connectivity index (χ0n) is 14.3. The van der Waals surface area contributed by atoms with E-state index in [1.807, 2.05) is 31.2 Å². The van der Waals surface area contributed by atoms with Gasteiger partial charge in [-0.1, -0.05) is 35.9 Å². The number of aromatic nitrogens is 4. The number of benzene rings is 2. The van der Waals surface area contributed by atoms with Crippen molar-refractivity contribution in [2.45, 2.75) is 6.92 Å². The van der Waals surface area contributed by atoms with Crippen LogP contribution < -0.4 is 5.43 Å². The molecule has 2 heterocycles. The van der Waals surface area contributed by atoms with Crippen molar-refractivity contribution in [1.29, 1.82) is 0 Å². The van der Waals surface area contributed by atoms with Gasteiger partial charge in [0.2, 0.25) is 0 Å². The molecule has 27 heavy (non-hydrogen) atoms. The molecule has 0 radical (unpaired) electrons. The maximum Gasteiger partial charge on any atom is 0.176 e. The fourth-order valence-corrected chi connectivity index (χ4v) is 3.00. The predicted octanol–water partition coefficient (Wildman–Crippen LogP) is 4.36. The van der Waals surface area contributed by atoms with Gasteiger partial charge in [-0.2, -0.15) is 15.3 Å². The lowest BCUT2D eigenvalue weighted by molar-refractivity contribution is 0.627. The van der Waals surface area contributed by atoms with E-state index in [1.54, 1.807) is 24.5 Å². The average molecular weight is 381 g/mol. The Hall–Kier alpha value is -3.32. The van der Waals surface area contributed by atoms with Crippen LogP contribution in [0.2, 0.25) is 5.15 Å². The highest BCUT2D eigenvalue weighted by atomic mass is 35.5. The molecule has 0 atom stereocenters. The van der Waals surface area contributed by atoms with Gasteiger partial charge in [0.25, 0.3) is 0 Å². The second kappa shape index (κ2) is 7.13. The number of anilines is 1. The first-order chi connectivity index (χ1) is 13.1. The minimum Gasteiger partial charge on any atom is -0.259 e. The van der Waals surface area contributed by atoms with Crippen molar-refractivity contribution in [3.63, 3.8) is 0 Å². The van der Waals surface area contributed by atoms with Crippen LogP contribution in [0, 0.1) is 12.7 Å². The maximum absolute atomic E-state index is 13.1. The summed E-state index contributed by atoms with van der Waals surface area (Å²) in [5.41, 5.74) is 4.91. The van der Waals surface area contributed by atoms with Crippen LogP contribution in [-0.4, -0.2) is 26.2 Å². The van der Waals surface area contributed by atoms with Crippen LogP contribution in [0.5, 0.6) is 0 Å². The van der Waals surface area contributed by atoms with Crippen LogP contribution in [0.25, 0.3) is 16.5 Å². The lowest BCUT2D eigenvalue weighted by Crippen LogP contribution is -1.97. The molecule has 0 saturated heterocycles. The SMILES string of the molecule is Cc1nn(-c2ccc(F)cc2)c(Cl)c1/C=N\Nc1nncc2ccccc12. The van der Waals surface area contributed by atoms with Crippen LogP contribution in [0.4, 0.5) is 10.2 Å². The monoisotopic (exact) mass is 380 g/mol. The normalized spacial score (nSPS) is 11.4. The highest BCUT2D eigenvalue weighted by Gasteiger charge is 2.13. The van der Waals surface area contributed by atoms with Crippen LogP contribution in [-0.2, 0) is 0 Å². The van der Waals surface area contributed by atoms with Gasteiger partial charge in [0.1, 0.15) is 11.0 Å². The van der Waals surface area contributed by atoms with E-state index in [0.29, 0.717) is 27.9 Å². The summed E-state index contributed by atoms with van der Waals surface area (Å²) in [6.45, 7) is 1.82. The first-order valence-corrected chi connectivity index (χ1v) is 8.52. The van der Waals surface area contributed by atoms with E-state index in [1.165, 1.54) is 16.8 Å². The molecular formula is C19H14ClFN6. The summed E-state index contributed by atoms with van der Waals surface area (Å²) in [5, 5.41) is 18.9. The van der Waals surface area contributed by atoms with Crippen LogP contribution in [0.3, 0.4) is 0 Å². The van der Waals surface area contributed by atoms with Crippen LogP contribution >= 0.6 is 11.6 Å². The molecule has 8 heteroatoms. The molecule has 0 aliphatic rings. The molecule has 0 bridgehead atoms. The Balaban J connectivity index is 1.62. The number of nitrogens with zero attached hydrogens (tertiary/aromatic N) is 5. The Labute approximate surface area is 159 Å². The number of hydrogen-bond donors (Lipinski definition) is 1. The molecule has 6 nitrogen and oxygen atoms in total. The summed E-state index contributed by atoms with van der Waals surface area (Å²) in [6.07, 6.45) is 3.27. The summed E-state index contributed by atoms with van der Waals surface area (Å²) in [4.78, 5) is 0. The Bertz CT molecular complexity index is 1130. The maximum atomic E-state index is 13.1. The summed E-state index contributed by atoms with van der Waals surface area (Å²) in [6, 6.07) is 13.7. The molecule has 0 saturated carbocycles. The highest BCUT2D eigenvalue weighted by molar-refractivity contribution is 6.32. The van der Waals surface area contributed by atoms with E-state index in [0.717, 1.165) is 10.8 Å². The van der Waals surface area contributed by atoms with Crippen molar-refractivity contribution in [3.05, 3.63) is 77.0 Å². The first-order valence-electron chi connectivity index (χ1n) is 8.14. The molecule has 0 aliphatic heterocycles. The van der Waals surface area contributed by atoms with Gasteiger partial charge in [0.05, 0.1) is 29.4 Å². The number of hydrogen-bond acceptors (Lipinski definition) is 5. The predicted molar refractivity (Wildman–Crippen MR) is 104 cm³/mol. The van der Waals surface area contributed by atoms with Crippen molar-refractivity contribution < 1.29 is 4.39 Å². The molecule has 0 unspecified atom stereocenters. The average Bonchev–Trinajstić information content (AvgIpc) is 2.97. The van der Waals surface area contributed by atoms with E-state index < -0.39 is 0 Å². The van der Waals surface area contributed by atoms with E-state index >= 15 is 0 Å². The number of rotatable bonds is 4. The third kappa shape index (κ3) is 3.37. The number of aryl methyl sites for hydroxylation is 1. The molecular weight excluding hydrogens is 367 g/mol. The van der Waals surface area contributed by atoms with Gasteiger partial charge in [-0.3, -0.25) is 5.43 Å². The third-order valence-electron chi connectivity index (χ3n) is 4.05. The fraction of sp³-hybridized carbons (Fsp3) is 0.0526. The van der Waals surface area contributed by atoms with Crippen molar-refractivity contribution in [3.8, 4) is 5.69 Å². The molecule has 0 spiro atoms. The molecule has 0 aliphatic carbocycles. The second-order valence-electron chi connectivity index (χ2n) is 5.83. The molecule has 4 aromatic rings.